The Bertz CT molecular complexity index is 1270. The lowest BCUT2D eigenvalue weighted by Crippen LogP contribution is -2.41. The molecule has 5 rings (SSSR count). The normalized spacial score (nSPS) is 12.9. The third kappa shape index (κ3) is 4.31. The molecule has 0 bridgehead atoms. The number of anilines is 1. The van der Waals surface area contributed by atoms with Crippen molar-refractivity contribution < 1.29 is 14.3 Å². The Morgan fingerprint density at radius 2 is 1.94 bits per heavy atom. The van der Waals surface area contributed by atoms with Gasteiger partial charge in [-0.25, -0.2) is 0 Å². The van der Waals surface area contributed by atoms with E-state index in [9.17, 15) is 9.59 Å². The maximum atomic E-state index is 12.5. The summed E-state index contributed by atoms with van der Waals surface area (Å²) in [5.41, 5.74) is 2.29. The maximum absolute atomic E-state index is 12.5. The number of nitrogens with zero attached hydrogens (tertiary/aromatic N) is 3. The van der Waals surface area contributed by atoms with Crippen LogP contribution in [-0.4, -0.2) is 39.8 Å². The number of rotatable bonds is 6. The van der Waals surface area contributed by atoms with E-state index in [0.29, 0.717) is 22.1 Å². The molecule has 0 radical (unpaired) electrons. The van der Waals surface area contributed by atoms with Crippen LogP contribution in [0.15, 0.2) is 67.1 Å². The first-order valence-electron chi connectivity index (χ1n) is 10.3. The molecule has 1 N–H and O–H groups in total. The van der Waals surface area contributed by atoms with Gasteiger partial charge in [-0.1, -0.05) is 12.1 Å². The summed E-state index contributed by atoms with van der Waals surface area (Å²) >= 11 is 1.40. The summed E-state index contributed by atoms with van der Waals surface area (Å²) in [6.45, 7) is 1.63. The Hall–Kier alpha value is -3.78. The fourth-order valence-corrected chi connectivity index (χ4v) is 4.44. The predicted molar refractivity (Wildman–Crippen MR) is 123 cm³/mol. The zero-order valence-electron chi connectivity index (χ0n) is 17.2. The summed E-state index contributed by atoms with van der Waals surface area (Å²) < 4.78 is 6.92. The molecule has 4 aromatic rings. The minimum atomic E-state index is -0.111. The summed E-state index contributed by atoms with van der Waals surface area (Å²) in [6, 6.07) is 14.6. The molecule has 0 aliphatic carbocycles. The Labute approximate surface area is 188 Å². The highest BCUT2D eigenvalue weighted by Gasteiger charge is 2.24. The molecule has 8 heteroatoms. The lowest BCUT2D eigenvalue weighted by atomic mass is 10.1. The van der Waals surface area contributed by atoms with Crippen LogP contribution in [0.2, 0.25) is 0 Å². The van der Waals surface area contributed by atoms with E-state index in [0.717, 1.165) is 35.3 Å². The van der Waals surface area contributed by atoms with Gasteiger partial charge < -0.3 is 15.0 Å². The van der Waals surface area contributed by atoms with E-state index in [2.05, 4.69) is 15.3 Å². The molecule has 32 heavy (non-hydrogen) atoms. The average molecular weight is 445 g/mol. The summed E-state index contributed by atoms with van der Waals surface area (Å²) in [4.78, 5) is 35.7. The topological polar surface area (TPSA) is 84.4 Å². The number of amides is 2. The largest absolute Gasteiger partial charge is 0.456 e. The first-order chi connectivity index (χ1) is 15.7. The molecular formula is C24H20N4O3S. The third-order valence-corrected chi connectivity index (χ3v) is 6.32. The van der Waals surface area contributed by atoms with E-state index in [1.165, 1.54) is 11.3 Å². The van der Waals surface area contributed by atoms with Crippen LogP contribution in [0.3, 0.4) is 0 Å². The first-order valence-corrected chi connectivity index (χ1v) is 11.1. The van der Waals surface area contributed by atoms with Crippen molar-refractivity contribution in [1.82, 2.24) is 14.9 Å². The van der Waals surface area contributed by atoms with Crippen molar-refractivity contribution in [2.75, 3.05) is 18.4 Å². The summed E-state index contributed by atoms with van der Waals surface area (Å²) in [6.07, 6.45) is 6.26. The van der Waals surface area contributed by atoms with Crippen molar-refractivity contribution in [3.05, 3.63) is 77.6 Å². The van der Waals surface area contributed by atoms with Crippen molar-refractivity contribution in [1.29, 1.82) is 0 Å². The monoisotopic (exact) mass is 444 g/mol. The number of likely N-dealkylation sites (tertiary alicyclic amines) is 1. The molecule has 7 nitrogen and oxygen atoms in total. The van der Waals surface area contributed by atoms with Gasteiger partial charge in [0.25, 0.3) is 5.91 Å². The van der Waals surface area contributed by atoms with Gasteiger partial charge in [-0.2, -0.15) is 0 Å². The number of hydrogen-bond acceptors (Lipinski definition) is 6. The highest BCUT2D eigenvalue weighted by Crippen LogP contribution is 2.35. The number of pyridine rings is 2. The molecule has 3 aromatic heterocycles. The molecule has 1 saturated heterocycles. The fourth-order valence-electron chi connectivity index (χ4n) is 3.41. The zero-order chi connectivity index (χ0) is 21.9. The van der Waals surface area contributed by atoms with Gasteiger partial charge in [0.1, 0.15) is 11.5 Å². The van der Waals surface area contributed by atoms with E-state index < -0.39 is 0 Å². The second-order valence-electron chi connectivity index (χ2n) is 7.49. The molecule has 0 saturated carbocycles. The fraction of sp³-hybridized carbons (Fsp3) is 0.167. The third-order valence-electron chi connectivity index (χ3n) is 5.19. The summed E-state index contributed by atoms with van der Waals surface area (Å²) in [5, 5.41) is 2.82. The predicted octanol–water partition coefficient (Wildman–Crippen LogP) is 4.51. The van der Waals surface area contributed by atoms with Gasteiger partial charge in [0.15, 0.2) is 0 Å². The molecule has 1 fully saturated rings. The Balaban J connectivity index is 1.27. The zero-order valence-corrected chi connectivity index (χ0v) is 18.0. The standard InChI is InChI=1S/C24H20N4O3S/c29-22(27-17-3-1-9-25-15-17)13-16-4-6-18(7-5-16)31-20-8-10-26-19-14-21(32-23(19)20)24(30)28-11-2-12-28/h1,3-10,14-15H,2,11-13H2,(H,27,29). The Morgan fingerprint density at radius 1 is 1.09 bits per heavy atom. The van der Waals surface area contributed by atoms with E-state index in [4.69, 9.17) is 4.74 Å². The minimum absolute atomic E-state index is 0.0547. The highest BCUT2D eigenvalue weighted by molar-refractivity contribution is 7.21. The highest BCUT2D eigenvalue weighted by atomic mass is 32.1. The van der Waals surface area contributed by atoms with Gasteiger partial charge >= 0.3 is 0 Å². The molecule has 1 aliphatic rings. The second kappa shape index (κ2) is 8.76. The minimum Gasteiger partial charge on any atom is -0.456 e. The van der Waals surface area contributed by atoms with Crippen LogP contribution in [0.25, 0.3) is 10.2 Å². The number of hydrogen-bond donors (Lipinski definition) is 1. The van der Waals surface area contributed by atoms with Crippen LogP contribution < -0.4 is 10.1 Å². The molecule has 2 amide bonds. The molecule has 0 spiro atoms. The average Bonchev–Trinajstić information content (AvgIpc) is 3.20. The molecule has 0 atom stereocenters. The smallest absolute Gasteiger partial charge is 0.264 e. The number of thiophene rings is 1. The molecule has 0 unspecified atom stereocenters. The summed E-state index contributed by atoms with van der Waals surface area (Å²) in [5.74, 6) is 1.25. The molecule has 1 aliphatic heterocycles. The van der Waals surface area contributed by atoms with Gasteiger partial charge in [0.05, 0.1) is 33.4 Å². The van der Waals surface area contributed by atoms with Crippen LogP contribution in [0.5, 0.6) is 11.5 Å². The van der Waals surface area contributed by atoms with Crippen molar-refractivity contribution in [3.63, 3.8) is 0 Å². The Kier molecular flexibility index (Phi) is 5.51. The van der Waals surface area contributed by atoms with E-state index in [-0.39, 0.29) is 18.2 Å². The van der Waals surface area contributed by atoms with E-state index in [1.807, 2.05) is 35.2 Å². The number of nitrogens with one attached hydrogen (secondary N) is 1. The van der Waals surface area contributed by atoms with Gasteiger partial charge in [0, 0.05) is 31.5 Å². The van der Waals surface area contributed by atoms with Crippen LogP contribution in [-0.2, 0) is 11.2 Å². The molecular weight excluding hydrogens is 424 g/mol. The Morgan fingerprint density at radius 3 is 2.66 bits per heavy atom. The van der Waals surface area contributed by atoms with Crippen LogP contribution in [0.1, 0.15) is 21.7 Å². The number of fused-ring (bicyclic) bond motifs is 1. The van der Waals surface area contributed by atoms with Crippen molar-refractivity contribution >= 4 is 39.1 Å². The van der Waals surface area contributed by atoms with Gasteiger partial charge in [-0.3, -0.25) is 19.6 Å². The van der Waals surface area contributed by atoms with Gasteiger partial charge in [-0.05, 0) is 42.3 Å². The van der Waals surface area contributed by atoms with E-state index >= 15 is 0 Å². The molecule has 1 aromatic carbocycles. The van der Waals surface area contributed by atoms with Crippen molar-refractivity contribution in [2.24, 2.45) is 0 Å². The second-order valence-corrected chi connectivity index (χ2v) is 8.54. The number of carbonyl (C=O) groups is 2. The van der Waals surface area contributed by atoms with Crippen molar-refractivity contribution in [3.8, 4) is 11.5 Å². The van der Waals surface area contributed by atoms with Crippen LogP contribution in [0.4, 0.5) is 5.69 Å². The van der Waals surface area contributed by atoms with Gasteiger partial charge in [-0.15, -0.1) is 11.3 Å². The lowest BCUT2D eigenvalue weighted by Gasteiger charge is -2.30. The summed E-state index contributed by atoms with van der Waals surface area (Å²) in [7, 11) is 0. The van der Waals surface area contributed by atoms with Crippen LogP contribution >= 0.6 is 11.3 Å². The van der Waals surface area contributed by atoms with Gasteiger partial charge in [0.2, 0.25) is 5.91 Å². The molecule has 160 valence electrons. The quantitative estimate of drug-likeness (QED) is 0.473. The SMILES string of the molecule is O=C(Cc1ccc(Oc2ccnc3cc(C(=O)N4CCC4)sc23)cc1)Nc1cccnc1. The van der Waals surface area contributed by atoms with Crippen LogP contribution in [0, 0.1) is 0 Å². The van der Waals surface area contributed by atoms with E-state index in [1.54, 1.807) is 36.8 Å². The number of benzene rings is 1. The number of carbonyl (C=O) groups excluding carboxylic acids is 2. The number of ether oxygens (including phenoxy) is 1. The maximum Gasteiger partial charge on any atom is 0.264 e. The molecule has 4 heterocycles. The first kappa shape index (κ1) is 20.1. The lowest BCUT2D eigenvalue weighted by molar-refractivity contribution is -0.115. The number of aromatic nitrogens is 2. The van der Waals surface area contributed by atoms with Crippen molar-refractivity contribution in [2.45, 2.75) is 12.8 Å².